The molecule has 0 heterocycles. The molecule has 0 unspecified atom stereocenters. The van der Waals surface area contributed by atoms with Gasteiger partial charge in [-0.25, -0.2) is 0 Å². The van der Waals surface area contributed by atoms with Gasteiger partial charge < -0.3 is 14.2 Å². The zero-order valence-electron chi connectivity index (χ0n) is 14.2. The topological polar surface area (TPSA) is 47.6 Å². The number of unbranched alkanes of at least 4 members (excludes halogenated alkanes) is 3. The summed E-state index contributed by atoms with van der Waals surface area (Å²) in [7, 11) is 0. The van der Waals surface area contributed by atoms with Crippen molar-refractivity contribution in [1.82, 2.24) is 0 Å². The van der Waals surface area contributed by atoms with Crippen LogP contribution in [-0.2, 0) is 5.11 Å². The fourth-order valence-corrected chi connectivity index (χ4v) is 1.88. The van der Waals surface area contributed by atoms with E-state index in [1.54, 1.807) is 0 Å². The molecule has 0 saturated carbocycles. The van der Waals surface area contributed by atoms with Crippen molar-refractivity contribution in [3.63, 3.8) is 0 Å². The number of ether oxygens (including phenoxy) is 3. The first-order chi connectivity index (χ1) is 10.7. The minimum atomic E-state index is -0.110. The van der Waals surface area contributed by atoms with Crippen LogP contribution in [0.2, 0.25) is 0 Å². The quantitative estimate of drug-likeness (QED) is 0.488. The molecule has 0 bridgehead atoms. The molecule has 0 spiro atoms. The van der Waals surface area contributed by atoms with Gasteiger partial charge in [0, 0.05) is 12.1 Å². The van der Waals surface area contributed by atoms with Crippen LogP contribution < -0.4 is 14.2 Å². The van der Waals surface area contributed by atoms with E-state index in [0.29, 0.717) is 37.1 Å². The lowest BCUT2D eigenvalue weighted by Crippen LogP contribution is -2.05. The summed E-state index contributed by atoms with van der Waals surface area (Å²) in [6.45, 7) is 8.08. The van der Waals surface area contributed by atoms with Crippen LogP contribution in [0.1, 0.15) is 59.3 Å². The second-order valence-corrected chi connectivity index (χ2v) is 5.35. The van der Waals surface area contributed by atoms with Gasteiger partial charge in [-0.15, -0.1) is 0 Å². The Morgan fingerprint density at radius 2 is 1.14 bits per heavy atom. The van der Waals surface area contributed by atoms with Gasteiger partial charge in [0.15, 0.2) is 17.2 Å². The average Bonchev–Trinajstić information content (AvgIpc) is 2.50. The molecular formula is C18H29O4. The summed E-state index contributed by atoms with van der Waals surface area (Å²) < 4.78 is 17.3. The van der Waals surface area contributed by atoms with E-state index >= 15 is 0 Å². The molecule has 0 aliphatic rings. The number of hydrogen-bond acceptors (Lipinski definition) is 3. The molecule has 0 fully saturated rings. The molecule has 0 aliphatic carbocycles. The Morgan fingerprint density at radius 3 is 1.55 bits per heavy atom. The van der Waals surface area contributed by atoms with Crippen LogP contribution in [0.4, 0.5) is 0 Å². The molecule has 4 nitrogen and oxygen atoms in total. The molecule has 0 aromatic heterocycles. The van der Waals surface area contributed by atoms with Gasteiger partial charge in [0.05, 0.1) is 19.8 Å². The molecule has 1 aromatic carbocycles. The predicted octanol–water partition coefficient (Wildman–Crippen LogP) is 5.37. The van der Waals surface area contributed by atoms with Crippen molar-refractivity contribution in [2.75, 3.05) is 19.8 Å². The first kappa shape index (κ1) is 18.5. The van der Waals surface area contributed by atoms with E-state index in [0.717, 1.165) is 38.5 Å². The monoisotopic (exact) mass is 309 g/mol. The summed E-state index contributed by atoms with van der Waals surface area (Å²) in [5.74, 6) is 1.47. The minimum Gasteiger partial charge on any atom is -0.489 e. The van der Waals surface area contributed by atoms with E-state index in [1.807, 2.05) is 0 Å². The number of rotatable bonds is 12. The molecule has 0 amide bonds. The van der Waals surface area contributed by atoms with Gasteiger partial charge in [0.2, 0.25) is 5.75 Å². The zero-order chi connectivity index (χ0) is 16.2. The lowest BCUT2D eigenvalue weighted by molar-refractivity contribution is 0.233. The van der Waals surface area contributed by atoms with Crippen molar-refractivity contribution in [3.05, 3.63) is 12.1 Å². The number of benzene rings is 1. The lowest BCUT2D eigenvalue weighted by atomic mass is 10.2. The van der Waals surface area contributed by atoms with Gasteiger partial charge in [0.25, 0.3) is 0 Å². The third-order valence-corrected chi connectivity index (χ3v) is 3.25. The largest absolute Gasteiger partial charge is 0.489 e. The Bertz CT molecular complexity index is 387. The summed E-state index contributed by atoms with van der Waals surface area (Å²) in [5, 5.41) is 11.8. The fourth-order valence-electron chi connectivity index (χ4n) is 1.88. The van der Waals surface area contributed by atoms with Crippen molar-refractivity contribution in [3.8, 4) is 23.0 Å². The summed E-state index contributed by atoms with van der Waals surface area (Å²) in [6, 6.07) is 2.98. The maximum Gasteiger partial charge on any atom is 0.203 e. The third kappa shape index (κ3) is 6.46. The Balaban J connectivity index is 2.88. The van der Waals surface area contributed by atoms with Gasteiger partial charge in [-0.1, -0.05) is 40.0 Å². The second kappa shape index (κ2) is 11.0. The van der Waals surface area contributed by atoms with E-state index in [1.165, 1.54) is 12.1 Å². The van der Waals surface area contributed by atoms with Crippen LogP contribution in [0, 0.1) is 0 Å². The van der Waals surface area contributed by atoms with Crippen molar-refractivity contribution >= 4 is 0 Å². The standard InChI is InChI=1S/C18H29O4/c1-4-7-10-20-16-13-15(19)14-17(21-11-8-5-2)18(16)22-12-9-6-3/h13-14H,4-12H2,1-3H3. The molecule has 0 aliphatic heterocycles. The molecule has 0 atom stereocenters. The maximum absolute atomic E-state index is 11.8. The summed E-state index contributed by atoms with van der Waals surface area (Å²) in [5.41, 5.74) is 0. The van der Waals surface area contributed by atoms with E-state index < -0.39 is 0 Å². The molecule has 22 heavy (non-hydrogen) atoms. The molecule has 0 saturated heterocycles. The predicted molar refractivity (Wildman–Crippen MR) is 87.8 cm³/mol. The SMILES string of the molecule is CCCCOc1cc([O])cc(OCCCC)c1OCCCC. The highest BCUT2D eigenvalue weighted by atomic mass is 16.5. The van der Waals surface area contributed by atoms with Crippen molar-refractivity contribution in [2.24, 2.45) is 0 Å². The molecule has 0 N–H and O–H groups in total. The smallest absolute Gasteiger partial charge is 0.203 e. The average molecular weight is 309 g/mol. The van der Waals surface area contributed by atoms with E-state index in [2.05, 4.69) is 20.8 Å². The first-order valence-corrected chi connectivity index (χ1v) is 8.46. The van der Waals surface area contributed by atoms with E-state index in [9.17, 15) is 5.11 Å². The minimum absolute atomic E-state index is 0.110. The van der Waals surface area contributed by atoms with Crippen LogP contribution >= 0.6 is 0 Å². The second-order valence-electron chi connectivity index (χ2n) is 5.35. The van der Waals surface area contributed by atoms with Crippen molar-refractivity contribution in [2.45, 2.75) is 59.3 Å². The molecule has 1 radical (unpaired) electrons. The van der Waals surface area contributed by atoms with Crippen molar-refractivity contribution < 1.29 is 19.3 Å². The van der Waals surface area contributed by atoms with Gasteiger partial charge in [-0.3, -0.25) is 5.11 Å². The molecular weight excluding hydrogens is 280 g/mol. The highest BCUT2D eigenvalue weighted by Gasteiger charge is 2.16. The van der Waals surface area contributed by atoms with E-state index in [4.69, 9.17) is 14.2 Å². The van der Waals surface area contributed by atoms with Gasteiger partial charge in [0.1, 0.15) is 0 Å². The molecule has 1 rings (SSSR count). The Hall–Kier alpha value is -1.58. The third-order valence-electron chi connectivity index (χ3n) is 3.25. The van der Waals surface area contributed by atoms with Crippen LogP contribution in [-0.4, -0.2) is 19.8 Å². The zero-order valence-corrected chi connectivity index (χ0v) is 14.2. The lowest BCUT2D eigenvalue weighted by Gasteiger charge is -2.17. The normalized spacial score (nSPS) is 10.5. The first-order valence-electron chi connectivity index (χ1n) is 8.46. The van der Waals surface area contributed by atoms with Crippen LogP contribution in [0.25, 0.3) is 0 Å². The number of hydrogen-bond donors (Lipinski definition) is 0. The van der Waals surface area contributed by atoms with Crippen LogP contribution in [0.3, 0.4) is 0 Å². The highest BCUT2D eigenvalue weighted by Crippen LogP contribution is 2.41. The van der Waals surface area contributed by atoms with Gasteiger partial charge in [-0.05, 0) is 19.3 Å². The molecule has 125 valence electrons. The maximum atomic E-state index is 11.8. The Kier molecular flexibility index (Phi) is 9.28. The van der Waals surface area contributed by atoms with Crippen LogP contribution in [0.15, 0.2) is 12.1 Å². The summed E-state index contributed by atoms with van der Waals surface area (Å²) in [4.78, 5) is 0. The molecule has 4 heteroatoms. The molecule has 1 aromatic rings. The Morgan fingerprint density at radius 1 is 0.727 bits per heavy atom. The Labute approximate surface area is 134 Å². The van der Waals surface area contributed by atoms with Crippen LogP contribution in [0.5, 0.6) is 23.0 Å². The van der Waals surface area contributed by atoms with Crippen molar-refractivity contribution in [1.29, 1.82) is 0 Å². The highest BCUT2D eigenvalue weighted by molar-refractivity contribution is 5.55. The van der Waals surface area contributed by atoms with Gasteiger partial charge in [-0.2, -0.15) is 0 Å². The summed E-state index contributed by atoms with van der Waals surface area (Å²) in [6.07, 6.45) is 6.00. The van der Waals surface area contributed by atoms with E-state index in [-0.39, 0.29) is 5.75 Å². The van der Waals surface area contributed by atoms with Gasteiger partial charge >= 0.3 is 0 Å². The fraction of sp³-hybridized carbons (Fsp3) is 0.667. The summed E-state index contributed by atoms with van der Waals surface area (Å²) >= 11 is 0.